The topological polar surface area (TPSA) is 42.4 Å². The molecular formula is C14H20N2O2. The number of hydrogen-bond acceptors (Lipinski definition) is 4. The van der Waals surface area contributed by atoms with E-state index in [4.69, 9.17) is 4.74 Å². The maximum Gasteiger partial charge on any atom is 0.339 e. The van der Waals surface area contributed by atoms with Crippen LogP contribution >= 0.6 is 0 Å². The van der Waals surface area contributed by atoms with E-state index in [2.05, 4.69) is 23.7 Å². The van der Waals surface area contributed by atoms with E-state index in [1.165, 1.54) is 20.0 Å². The van der Waals surface area contributed by atoms with E-state index in [1.807, 2.05) is 0 Å². The second kappa shape index (κ2) is 5.06. The Kier molecular flexibility index (Phi) is 3.66. The molecule has 0 aromatic carbocycles. The lowest BCUT2D eigenvalue weighted by molar-refractivity contribution is 0.0596. The van der Waals surface area contributed by atoms with Crippen LogP contribution in [0.2, 0.25) is 0 Å². The summed E-state index contributed by atoms with van der Waals surface area (Å²) in [6.07, 6.45) is 4.12. The summed E-state index contributed by atoms with van der Waals surface area (Å²) in [4.78, 5) is 18.4. The van der Waals surface area contributed by atoms with E-state index < -0.39 is 0 Å². The van der Waals surface area contributed by atoms with Crippen molar-refractivity contribution in [2.24, 2.45) is 0 Å². The molecule has 1 saturated heterocycles. The van der Waals surface area contributed by atoms with Gasteiger partial charge >= 0.3 is 5.97 Å². The van der Waals surface area contributed by atoms with Gasteiger partial charge in [-0.25, -0.2) is 4.79 Å². The molecule has 2 rings (SSSR count). The molecule has 1 aliphatic rings. The Balaban J connectivity index is 2.21. The fraction of sp³-hybridized carbons (Fsp3) is 0.571. The lowest BCUT2D eigenvalue weighted by Crippen LogP contribution is -2.38. The van der Waals surface area contributed by atoms with Crippen molar-refractivity contribution < 1.29 is 9.53 Å². The minimum absolute atomic E-state index is 0.185. The molecule has 18 heavy (non-hydrogen) atoms. The van der Waals surface area contributed by atoms with Gasteiger partial charge in [-0.2, -0.15) is 0 Å². The molecule has 0 unspecified atom stereocenters. The summed E-state index contributed by atoms with van der Waals surface area (Å²) in [5.41, 5.74) is 1.56. The smallest absolute Gasteiger partial charge is 0.339 e. The van der Waals surface area contributed by atoms with E-state index in [0.717, 1.165) is 12.2 Å². The predicted molar refractivity (Wildman–Crippen MR) is 69.3 cm³/mol. The zero-order chi connectivity index (χ0) is 13.2. The van der Waals surface area contributed by atoms with Crippen LogP contribution < -0.4 is 0 Å². The molecule has 4 nitrogen and oxygen atoms in total. The van der Waals surface area contributed by atoms with Crippen LogP contribution in [0.5, 0.6) is 0 Å². The number of nitrogens with zero attached hydrogens (tertiary/aromatic N) is 2. The standard InChI is InChI=1S/C14H20N2O2/c1-14(2)7-5-9-16(14)10-12-11(13(17)18-3)6-4-8-15-12/h4,6,8H,5,7,9-10H2,1-3H3. The first kappa shape index (κ1) is 13.0. The molecule has 0 atom stereocenters. The molecule has 0 spiro atoms. The van der Waals surface area contributed by atoms with Gasteiger partial charge in [0.25, 0.3) is 0 Å². The summed E-state index contributed by atoms with van der Waals surface area (Å²) in [7, 11) is 1.40. The maximum atomic E-state index is 11.7. The fourth-order valence-corrected chi connectivity index (χ4v) is 2.50. The van der Waals surface area contributed by atoms with E-state index in [9.17, 15) is 4.79 Å². The molecule has 0 bridgehead atoms. The lowest BCUT2D eigenvalue weighted by Gasteiger charge is -2.31. The van der Waals surface area contributed by atoms with Gasteiger partial charge in [-0.05, 0) is 45.4 Å². The van der Waals surface area contributed by atoms with Gasteiger partial charge in [0.1, 0.15) is 0 Å². The number of methoxy groups -OCH3 is 1. The molecule has 0 aliphatic carbocycles. The SMILES string of the molecule is COC(=O)c1cccnc1CN1CCCC1(C)C. The molecule has 98 valence electrons. The van der Waals surface area contributed by atoms with E-state index in [-0.39, 0.29) is 11.5 Å². The van der Waals surface area contributed by atoms with Gasteiger partial charge in [-0.15, -0.1) is 0 Å². The van der Waals surface area contributed by atoms with Crippen LogP contribution in [-0.4, -0.2) is 35.0 Å². The van der Waals surface area contributed by atoms with Crippen LogP contribution in [0.15, 0.2) is 18.3 Å². The molecule has 2 heterocycles. The summed E-state index contributed by atoms with van der Waals surface area (Å²) < 4.78 is 4.80. The van der Waals surface area contributed by atoms with Crippen LogP contribution in [0, 0.1) is 0 Å². The van der Waals surface area contributed by atoms with Crippen molar-refractivity contribution in [3.05, 3.63) is 29.6 Å². The summed E-state index contributed by atoms with van der Waals surface area (Å²) >= 11 is 0. The Morgan fingerprint density at radius 3 is 2.94 bits per heavy atom. The number of esters is 1. The average Bonchev–Trinajstić information content (AvgIpc) is 2.68. The van der Waals surface area contributed by atoms with Gasteiger partial charge in [0.05, 0.1) is 18.4 Å². The first-order chi connectivity index (χ1) is 8.54. The quantitative estimate of drug-likeness (QED) is 0.769. The second-order valence-electron chi connectivity index (χ2n) is 5.33. The third-order valence-corrected chi connectivity index (χ3v) is 3.71. The van der Waals surface area contributed by atoms with Gasteiger partial charge in [0, 0.05) is 18.3 Å². The zero-order valence-electron chi connectivity index (χ0n) is 11.3. The van der Waals surface area contributed by atoms with Crippen LogP contribution in [0.1, 0.15) is 42.7 Å². The van der Waals surface area contributed by atoms with Crippen LogP contribution in [0.25, 0.3) is 0 Å². The highest BCUT2D eigenvalue weighted by Crippen LogP contribution is 2.29. The summed E-state index contributed by atoms with van der Waals surface area (Å²) in [6.45, 7) is 6.24. The van der Waals surface area contributed by atoms with Gasteiger partial charge in [-0.3, -0.25) is 9.88 Å². The Morgan fingerprint density at radius 2 is 2.33 bits per heavy atom. The highest BCUT2D eigenvalue weighted by atomic mass is 16.5. The highest BCUT2D eigenvalue weighted by molar-refractivity contribution is 5.90. The van der Waals surface area contributed by atoms with Crippen molar-refractivity contribution in [2.45, 2.75) is 38.8 Å². The number of ether oxygens (including phenoxy) is 1. The number of carbonyl (C=O) groups is 1. The molecule has 0 saturated carbocycles. The van der Waals surface area contributed by atoms with Gasteiger partial charge < -0.3 is 4.74 Å². The van der Waals surface area contributed by atoms with Gasteiger partial charge in [0.15, 0.2) is 0 Å². The number of pyridine rings is 1. The number of hydrogen-bond donors (Lipinski definition) is 0. The normalized spacial score (nSPS) is 18.8. The van der Waals surface area contributed by atoms with Crippen LogP contribution in [-0.2, 0) is 11.3 Å². The van der Waals surface area contributed by atoms with Crippen molar-refractivity contribution in [3.63, 3.8) is 0 Å². The molecule has 4 heteroatoms. The van der Waals surface area contributed by atoms with Gasteiger partial charge in [0.2, 0.25) is 0 Å². The monoisotopic (exact) mass is 248 g/mol. The maximum absolute atomic E-state index is 11.7. The molecule has 0 radical (unpaired) electrons. The minimum atomic E-state index is -0.310. The fourth-order valence-electron chi connectivity index (χ4n) is 2.50. The number of aromatic nitrogens is 1. The molecule has 1 fully saturated rings. The Hall–Kier alpha value is -1.42. The largest absolute Gasteiger partial charge is 0.465 e. The minimum Gasteiger partial charge on any atom is -0.465 e. The zero-order valence-corrected chi connectivity index (χ0v) is 11.3. The third kappa shape index (κ3) is 2.53. The van der Waals surface area contributed by atoms with Crippen molar-refractivity contribution in [2.75, 3.05) is 13.7 Å². The molecule has 1 aromatic heterocycles. The predicted octanol–water partition coefficient (Wildman–Crippen LogP) is 2.24. The Bertz CT molecular complexity index is 443. The number of rotatable bonds is 3. The average molecular weight is 248 g/mol. The van der Waals surface area contributed by atoms with E-state index in [0.29, 0.717) is 12.1 Å². The van der Waals surface area contributed by atoms with Crippen LogP contribution in [0.4, 0.5) is 0 Å². The van der Waals surface area contributed by atoms with Crippen molar-refractivity contribution in [1.29, 1.82) is 0 Å². The van der Waals surface area contributed by atoms with Crippen LogP contribution in [0.3, 0.4) is 0 Å². The molecule has 1 aliphatic heterocycles. The molecule has 0 N–H and O–H groups in total. The van der Waals surface area contributed by atoms with Gasteiger partial charge in [-0.1, -0.05) is 0 Å². The van der Waals surface area contributed by atoms with Crippen molar-refractivity contribution in [3.8, 4) is 0 Å². The molecule has 0 amide bonds. The third-order valence-electron chi connectivity index (χ3n) is 3.71. The second-order valence-corrected chi connectivity index (χ2v) is 5.33. The number of carbonyl (C=O) groups excluding carboxylic acids is 1. The molecular weight excluding hydrogens is 228 g/mol. The Labute approximate surface area is 108 Å². The van der Waals surface area contributed by atoms with E-state index >= 15 is 0 Å². The summed E-state index contributed by atoms with van der Waals surface area (Å²) in [5.74, 6) is -0.310. The number of likely N-dealkylation sites (tertiary alicyclic amines) is 1. The molecule has 1 aromatic rings. The summed E-state index contributed by atoms with van der Waals surface area (Å²) in [6, 6.07) is 3.54. The van der Waals surface area contributed by atoms with E-state index in [1.54, 1.807) is 18.3 Å². The Morgan fingerprint density at radius 1 is 1.56 bits per heavy atom. The van der Waals surface area contributed by atoms with Crippen molar-refractivity contribution in [1.82, 2.24) is 9.88 Å². The first-order valence-corrected chi connectivity index (χ1v) is 6.32. The first-order valence-electron chi connectivity index (χ1n) is 6.32. The lowest BCUT2D eigenvalue weighted by atomic mass is 10.0. The summed E-state index contributed by atoms with van der Waals surface area (Å²) in [5, 5.41) is 0. The highest BCUT2D eigenvalue weighted by Gasteiger charge is 2.32. The van der Waals surface area contributed by atoms with Crippen molar-refractivity contribution >= 4 is 5.97 Å².